The van der Waals surface area contributed by atoms with Crippen LogP contribution in [0.1, 0.15) is 127 Å². The highest BCUT2D eigenvalue weighted by Crippen LogP contribution is 2.40. The second-order valence-electron chi connectivity index (χ2n) is 19.3. The number of benzene rings is 1. The zero-order valence-corrected chi connectivity index (χ0v) is 49.1. The minimum absolute atomic E-state index is 0.00266. The van der Waals surface area contributed by atoms with E-state index in [4.69, 9.17) is 29.4 Å². The lowest BCUT2D eigenvalue weighted by Crippen LogP contribution is -2.40. The molecule has 0 fully saturated rings. The molecule has 6 amide bonds. The number of fused-ring (bicyclic) bond motifs is 14. The molecule has 8 aromatic rings. The first-order chi connectivity index (χ1) is 38.2. The summed E-state index contributed by atoms with van der Waals surface area (Å²) in [5.74, 6) is -2.83. The van der Waals surface area contributed by atoms with Crippen LogP contribution in [0.5, 0.6) is 0 Å². The number of carbonyl (C=O) groups is 6. The van der Waals surface area contributed by atoms with Crippen LogP contribution in [0.15, 0.2) is 64.0 Å². The molecule has 0 saturated heterocycles. The van der Waals surface area contributed by atoms with Gasteiger partial charge in [-0.1, -0.05) is 44.2 Å². The molecule has 9 rings (SSSR count). The lowest BCUT2D eigenvalue weighted by atomic mass is 10.0. The van der Waals surface area contributed by atoms with Crippen LogP contribution in [0.25, 0.3) is 43.4 Å². The van der Waals surface area contributed by atoms with Crippen molar-refractivity contribution in [2.24, 2.45) is 5.92 Å². The van der Waals surface area contributed by atoms with Crippen LogP contribution in [0, 0.1) is 12.8 Å². The molecule has 0 aliphatic carbocycles. The van der Waals surface area contributed by atoms with Gasteiger partial charge in [0.05, 0.1) is 42.2 Å². The van der Waals surface area contributed by atoms with Gasteiger partial charge in [0.25, 0.3) is 17.7 Å². The second-order valence-corrected chi connectivity index (χ2v) is 25.1. The van der Waals surface area contributed by atoms with Crippen LogP contribution < -0.4 is 31.9 Å². The number of ether oxygens (including phenoxy) is 2. The predicted molar refractivity (Wildman–Crippen MR) is 307 cm³/mol. The van der Waals surface area contributed by atoms with Gasteiger partial charge in [-0.15, -0.1) is 68.0 Å². The fourth-order valence-electron chi connectivity index (χ4n) is 8.05. The number of nitrogens with one attached hydrogen (secondary N) is 6. The number of amides is 6. The van der Waals surface area contributed by atoms with Gasteiger partial charge >= 0.3 is 6.09 Å². The first-order valence-corrected chi connectivity index (χ1v) is 29.8. The quantitative estimate of drug-likeness (QED) is 0.0711. The minimum Gasteiger partial charge on any atom is -0.444 e. The summed E-state index contributed by atoms with van der Waals surface area (Å²) in [7, 11) is 2.95. The molecule has 1 aliphatic rings. The van der Waals surface area contributed by atoms with Gasteiger partial charge in [-0.2, -0.15) is 0 Å². The molecule has 7 N–H and O–H groups in total. The Balaban J connectivity index is 1.13. The molecule has 8 heterocycles. The highest BCUT2D eigenvalue weighted by molar-refractivity contribution is 7.15. The minimum atomic E-state index is -1.27. The zero-order valence-electron chi connectivity index (χ0n) is 44.2. The number of pyridine rings is 1. The molecule has 0 unspecified atom stereocenters. The van der Waals surface area contributed by atoms with E-state index in [1.807, 2.05) is 13.8 Å². The topological polar surface area (TPSA) is 304 Å². The Hall–Kier alpha value is -7.31. The summed E-state index contributed by atoms with van der Waals surface area (Å²) in [5, 5.41) is 37.9. The molecule has 10 bridgehead atoms. The number of anilines is 1. The summed E-state index contributed by atoms with van der Waals surface area (Å²) >= 11 is 7.21. The third kappa shape index (κ3) is 13.3. The number of rotatable bonds is 9. The van der Waals surface area contributed by atoms with Gasteiger partial charge in [0.1, 0.15) is 87.8 Å². The summed E-state index contributed by atoms with van der Waals surface area (Å²) in [6, 6.07) is 9.55. The molecule has 1 aliphatic heterocycles. The summed E-state index contributed by atoms with van der Waals surface area (Å²) in [6.07, 6.45) is -2.15. The number of thiazole rings is 6. The van der Waals surface area contributed by atoms with Crippen molar-refractivity contribution in [1.29, 1.82) is 0 Å². The highest BCUT2D eigenvalue weighted by atomic mass is 32.1. The molecule has 22 nitrogen and oxygen atoms in total. The van der Waals surface area contributed by atoms with Crippen LogP contribution in [0.2, 0.25) is 0 Å². The van der Waals surface area contributed by atoms with E-state index in [0.717, 1.165) is 11.3 Å². The number of aromatic nitrogens is 7. The molecule has 28 heteroatoms. The molecule has 80 heavy (non-hydrogen) atoms. The van der Waals surface area contributed by atoms with E-state index in [-0.39, 0.29) is 41.8 Å². The van der Waals surface area contributed by atoms with Crippen molar-refractivity contribution in [3.8, 4) is 43.4 Å². The summed E-state index contributed by atoms with van der Waals surface area (Å²) in [5.41, 5.74) is 2.06. The maximum Gasteiger partial charge on any atom is 0.413 e. The third-order valence-electron chi connectivity index (χ3n) is 11.9. The van der Waals surface area contributed by atoms with Gasteiger partial charge in [0, 0.05) is 46.1 Å². The van der Waals surface area contributed by atoms with E-state index in [1.54, 1.807) is 91.7 Å². The van der Waals surface area contributed by atoms with Crippen LogP contribution in [-0.2, 0) is 25.7 Å². The van der Waals surface area contributed by atoms with E-state index in [0.29, 0.717) is 73.7 Å². The average Bonchev–Trinajstić information content (AvgIpc) is 4.34. The van der Waals surface area contributed by atoms with E-state index in [9.17, 15) is 33.9 Å². The van der Waals surface area contributed by atoms with Crippen molar-refractivity contribution in [1.82, 2.24) is 61.5 Å². The number of hydrogen-bond acceptors (Lipinski definition) is 22. The Kier molecular flexibility index (Phi) is 17.6. The third-order valence-corrected chi connectivity index (χ3v) is 17.6. The molecule has 1 aromatic carbocycles. The first-order valence-electron chi connectivity index (χ1n) is 24.7. The van der Waals surface area contributed by atoms with Crippen LogP contribution in [0.4, 0.5) is 10.6 Å². The predicted octanol–water partition coefficient (Wildman–Crippen LogP) is 8.66. The average molecular weight is 1200 g/mol. The fraction of sp³-hybridized carbons (Fsp3) is 0.327. The van der Waals surface area contributed by atoms with Gasteiger partial charge < -0.3 is 41.2 Å². The summed E-state index contributed by atoms with van der Waals surface area (Å²) in [6.45, 7) is 10.3. The van der Waals surface area contributed by atoms with E-state index in [1.165, 1.54) is 70.8 Å². The first kappa shape index (κ1) is 57.4. The van der Waals surface area contributed by atoms with Crippen molar-refractivity contribution in [3.63, 3.8) is 0 Å². The van der Waals surface area contributed by atoms with Gasteiger partial charge in [-0.05, 0) is 51.3 Å². The Morgan fingerprint density at radius 1 is 0.713 bits per heavy atom. The van der Waals surface area contributed by atoms with Crippen molar-refractivity contribution in [2.45, 2.75) is 84.4 Å². The van der Waals surface area contributed by atoms with Crippen molar-refractivity contribution in [3.05, 3.63) is 111 Å². The number of methoxy groups -OCH3 is 1. The standard InChI is InChI=1S/C52H53N13O9S6/c1-23(2)36-50-65-39(32(80-50)18-73-8)43(70)54-17-35(67)62-40(41(68)25-12-10-9-11-13-25)49-59-31(21-77-49)47-57-29(19-76-47)38-26(14-15-27(55-38)46-60-33(22-78-46)61-51(72)74-52(4,5)6)45-58-30(20-75-45)42(69)56-28(16-34(66)53-7)48-64-37(24(3)79-48)44(71)63-36/h9-15,19-23,28,36,40-41,68H,16-18H2,1-8H3,(H,53,66)(H,54,70)(H,56,69)(H,61,72)(H,62,67)(H,63,71)/t28-,36+,40-,41-/m0/s1. The number of aliphatic hydroxyl groups is 1. The molecular formula is C52H53N13O9S6. The van der Waals surface area contributed by atoms with Crippen molar-refractivity contribution < 1.29 is 43.3 Å². The summed E-state index contributed by atoms with van der Waals surface area (Å²) in [4.78, 5) is 117. The molecule has 416 valence electrons. The van der Waals surface area contributed by atoms with Crippen molar-refractivity contribution >= 4 is 109 Å². The maximum atomic E-state index is 14.3. The molecule has 7 aromatic heterocycles. The normalized spacial score (nSPS) is 16.7. The summed E-state index contributed by atoms with van der Waals surface area (Å²) < 4.78 is 10.9. The lowest BCUT2D eigenvalue weighted by Gasteiger charge is -2.23. The van der Waals surface area contributed by atoms with Crippen LogP contribution in [-0.4, -0.2) is 102 Å². The molecular weight excluding hydrogens is 1140 g/mol. The molecule has 4 atom stereocenters. The van der Waals surface area contributed by atoms with Gasteiger partial charge in [-0.3, -0.25) is 29.3 Å². The largest absolute Gasteiger partial charge is 0.444 e. The molecule has 0 spiro atoms. The van der Waals surface area contributed by atoms with Crippen molar-refractivity contribution in [2.75, 3.05) is 26.0 Å². The second kappa shape index (κ2) is 24.6. The molecule has 0 saturated carbocycles. The number of aliphatic hydroxyl groups excluding tert-OH is 1. The lowest BCUT2D eigenvalue weighted by molar-refractivity contribution is -0.122. The smallest absolute Gasteiger partial charge is 0.413 e. The Morgan fingerprint density at radius 3 is 2.15 bits per heavy atom. The zero-order chi connectivity index (χ0) is 57.0. The number of nitrogens with zero attached hydrogens (tertiary/aromatic N) is 7. The maximum absolute atomic E-state index is 14.3. The fourth-order valence-corrected chi connectivity index (χ4v) is 13.5. The highest BCUT2D eigenvalue weighted by Gasteiger charge is 2.33. The van der Waals surface area contributed by atoms with E-state index < -0.39 is 72.0 Å². The van der Waals surface area contributed by atoms with Crippen LogP contribution in [0.3, 0.4) is 0 Å². The Labute approximate surface area is 482 Å². The number of carbonyl (C=O) groups excluding carboxylic acids is 6. The monoisotopic (exact) mass is 1200 g/mol. The van der Waals surface area contributed by atoms with E-state index in [2.05, 4.69) is 46.9 Å². The SMILES string of the molecule is CNC(=O)C[C@@H]1NC(=O)c2csc(n2)-c2ccc(-c3nc(NC(=O)OC(C)(C)C)cs3)nc2-c2csc(n2)-c2csc(n2)[C@H]([C@@H](O)c2ccccc2)NC(=O)CNC(=O)c2nc(sc2COC)[C@@H](C(C)C)NC(=O)c2nc1sc2C. The molecule has 0 radical (unpaired) electrons. The van der Waals surface area contributed by atoms with Crippen LogP contribution >= 0.6 is 68.0 Å². The van der Waals surface area contributed by atoms with Gasteiger partial charge in [0.15, 0.2) is 0 Å². The van der Waals surface area contributed by atoms with E-state index >= 15 is 0 Å². The Bertz CT molecular complexity index is 3600. The Morgan fingerprint density at radius 2 is 1.41 bits per heavy atom. The number of aryl methyl sites for hydroxylation is 1. The van der Waals surface area contributed by atoms with Gasteiger partial charge in [-0.25, -0.2) is 39.7 Å². The van der Waals surface area contributed by atoms with Gasteiger partial charge in [0.2, 0.25) is 11.8 Å². The number of hydrogen-bond donors (Lipinski definition) is 7.